The predicted molar refractivity (Wildman–Crippen MR) is 135 cm³/mol. The highest BCUT2D eigenvalue weighted by Gasteiger charge is 2.28. The maximum absolute atomic E-state index is 14.8. The first kappa shape index (κ1) is 22.4. The van der Waals surface area contributed by atoms with E-state index >= 15 is 0 Å². The summed E-state index contributed by atoms with van der Waals surface area (Å²) in [5, 5.41) is 3.74. The third-order valence-corrected chi connectivity index (χ3v) is 6.71. The number of hydrogen-bond donors (Lipinski definition) is 2. The van der Waals surface area contributed by atoms with Crippen LogP contribution in [0, 0.1) is 5.82 Å². The van der Waals surface area contributed by atoms with Crippen molar-refractivity contribution in [3.05, 3.63) is 59.5 Å². The molecule has 5 rings (SSSR count). The summed E-state index contributed by atoms with van der Waals surface area (Å²) in [6, 6.07) is 11.9. The van der Waals surface area contributed by atoms with Gasteiger partial charge in [-0.05, 0) is 47.5 Å². The summed E-state index contributed by atoms with van der Waals surface area (Å²) in [7, 11) is 1.76. The van der Waals surface area contributed by atoms with Crippen LogP contribution < -0.4 is 20.9 Å². The van der Waals surface area contributed by atoms with Gasteiger partial charge in [0.2, 0.25) is 0 Å². The quantitative estimate of drug-likeness (QED) is 0.550. The summed E-state index contributed by atoms with van der Waals surface area (Å²) in [6.07, 6.45) is 1.73. The van der Waals surface area contributed by atoms with Crippen molar-refractivity contribution >= 4 is 34.8 Å². The lowest BCUT2D eigenvalue weighted by atomic mass is 9.96. The first-order valence-electron chi connectivity index (χ1n) is 11.3. The van der Waals surface area contributed by atoms with Crippen molar-refractivity contribution in [2.24, 2.45) is 0 Å². The number of amides is 2. The second kappa shape index (κ2) is 9.12. The van der Waals surface area contributed by atoms with E-state index in [1.54, 1.807) is 35.2 Å². The number of urea groups is 1. The van der Waals surface area contributed by atoms with Crippen LogP contribution in [0.4, 0.5) is 26.4 Å². The molecule has 0 saturated carbocycles. The number of carbonyl (C=O) groups excluding carboxylic acids is 1. The molecule has 0 radical (unpaired) electrons. The number of nitrogens with one attached hydrogen (secondary N) is 1. The zero-order chi connectivity index (χ0) is 23.8. The number of nitrogen functional groups attached to an aromatic ring is 1. The number of aromatic nitrogens is 1. The molecule has 3 heterocycles. The molecule has 2 fully saturated rings. The molecule has 3 aromatic rings. The zero-order valence-corrected chi connectivity index (χ0v) is 19.6. The van der Waals surface area contributed by atoms with Gasteiger partial charge in [-0.15, -0.1) is 0 Å². The Hall–Kier alpha value is -3.36. The fourth-order valence-corrected chi connectivity index (χ4v) is 4.80. The summed E-state index contributed by atoms with van der Waals surface area (Å²) in [5.41, 5.74) is 10.3. The van der Waals surface area contributed by atoms with Crippen LogP contribution in [0.25, 0.3) is 22.3 Å². The standard InChI is InChI=1S/C25H26ClFN6O/c1-31-10-11-33(25(31)34)22-3-2-16(12-21(22)26)19-14-18(27)15-20(24(19)28)17-4-5-30-23(13-17)32-8-6-29-7-9-32/h2-5,12-15,29H,6-11,28H2,1H3. The van der Waals surface area contributed by atoms with Crippen molar-refractivity contribution < 1.29 is 9.18 Å². The number of nitrogens with two attached hydrogens (primary N) is 1. The lowest BCUT2D eigenvalue weighted by Gasteiger charge is -2.28. The number of benzene rings is 2. The van der Waals surface area contributed by atoms with Crippen LogP contribution in [-0.4, -0.2) is 62.2 Å². The van der Waals surface area contributed by atoms with Crippen molar-refractivity contribution in [3.63, 3.8) is 0 Å². The molecule has 2 saturated heterocycles. The molecule has 34 heavy (non-hydrogen) atoms. The Morgan fingerprint density at radius 3 is 2.35 bits per heavy atom. The van der Waals surface area contributed by atoms with E-state index in [1.807, 2.05) is 18.2 Å². The minimum atomic E-state index is -0.392. The van der Waals surface area contributed by atoms with E-state index in [4.69, 9.17) is 17.3 Å². The van der Waals surface area contributed by atoms with Gasteiger partial charge >= 0.3 is 6.03 Å². The van der Waals surface area contributed by atoms with Gasteiger partial charge in [0.25, 0.3) is 0 Å². The Bertz CT molecular complexity index is 1250. The summed E-state index contributed by atoms with van der Waals surface area (Å²) >= 11 is 6.56. The maximum atomic E-state index is 14.8. The minimum absolute atomic E-state index is 0.0971. The first-order valence-corrected chi connectivity index (χ1v) is 11.6. The Balaban J connectivity index is 1.51. The summed E-state index contributed by atoms with van der Waals surface area (Å²) < 4.78 is 14.8. The Morgan fingerprint density at radius 2 is 1.71 bits per heavy atom. The Kier molecular flexibility index (Phi) is 6.02. The molecule has 7 nitrogen and oxygen atoms in total. The third-order valence-electron chi connectivity index (χ3n) is 6.41. The van der Waals surface area contributed by atoms with E-state index < -0.39 is 5.82 Å². The number of piperazine rings is 1. The Morgan fingerprint density at radius 1 is 1.00 bits per heavy atom. The second-order valence-corrected chi connectivity index (χ2v) is 8.98. The predicted octanol–water partition coefficient (Wildman–Crippen LogP) is 4.07. The van der Waals surface area contributed by atoms with E-state index in [0.29, 0.717) is 46.2 Å². The van der Waals surface area contributed by atoms with Crippen LogP contribution in [0.1, 0.15) is 0 Å². The van der Waals surface area contributed by atoms with Crippen LogP contribution in [-0.2, 0) is 0 Å². The lowest BCUT2D eigenvalue weighted by molar-refractivity contribution is 0.229. The summed E-state index contributed by atoms with van der Waals surface area (Å²) in [5.74, 6) is 0.452. The SMILES string of the molecule is CN1CCN(c2ccc(-c3cc(F)cc(-c4ccnc(N5CCNCC5)c4)c3N)cc2Cl)C1=O. The van der Waals surface area contributed by atoms with Gasteiger partial charge in [-0.2, -0.15) is 0 Å². The highest BCUT2D eigenvalue weighted by molar-refractivity contribution is 6.34. The molecule has 0 aliphatic carbocycles. The van der Waals surface area contributed by atoms with E-state index in [0.717, 1.165) is 37.6 Å². The van der Waals surface area contributed by atoms with Crippen molar-refractivity contribution in [1.82, 2.24) is 15.2 Å². The zero-order valence-electron chi connectivity index (χ0n) is 18.9. The van der Waals surface area contributed by atoms with Gasteiger partial charge in [0, 0.05) is 69.3 Å². The fourth-order valence-electron chi connectivity index (χ4n) is 4.51. The lowest BCUT2D eigenvalue weighted by Crippen LogP contribution is -2.43. The van der Waals surface area contributed by atoms with Crippen LogP contribution in [0.3, 0.4) is 0 Å². The minimum Gasteiger partial charge on any atom is -0.398 e. The molecule has 0 bridgehead atoms. The van der Waals surface area contributed by atoms with Gasteiger partial charge in [-0.3, -0.25) is 4.90 Å². The van der Waals surface area contributed by atoms with Gasteiger partial charge in [0.05, 0.1) is 10.7 Å². The number of pyridine rings is 1. The smallest absolute Gasteiger partial charge is 0.324 e. The normalized spacial score (nSPS) is 16.4. The van der Waals surface area contributed by atoms with Gasteiger partial charge in [-0.25, -0.2) is 14.2 Å². The molecule has 3 N–H and O–H groups in total. The van der Waals surface area contributed by atoms with Crippen molar-refractivity contribution in [3.8, 4) is 22.3 Å². The number of anilines is 3. The molecule has 2 aliphatic rings. The van der Waals surface area contributed by atoms with Crippen LogP contribution in [0.5, 0.6) is 0 Å². The molecule has 2 amide bonds. The van der Waals surface area contributed by atoms with Gasteiger partial charge < -0.3 is 20.9 Å². The van der Waals surface area contributed by atoms with Crippen LogP contribution in [0.15, 0.2) is 48.7 Å². The number of halogens is 2. The summed E-state index contributed by atoms with van der Waals surface area (Å²) in [4.78, 5) is 22.4. The highest BCUT2D eigenvalue weighted by atomic mass is 35.5. The number of likely N-dealkylation sites (N-methyl/N-ethyl adjacent to an activating group) is 1. The van der Waals surface area contributed by atoms with E-state index in [1.165, 1.54) is 12.1 Å². The molecular formula is C25H26ClFN6O. The number of carbonyl (C=O) groups is 1. The topological polar surface area (TPSA) is 77.7 Å². The van der Waals surface area contributed by atoms with Crippen LogP contribution in [0.2, 0.25) is 5.02 Å². The van der Waals surface area contributed by atoms with Crippen molar-refractivity contribution in [2.45, 2.75) is 0 Å². The molecule has 176 valence electrons. The summed E-state index contributed by atoms with van der Waals surface area (Å²) in [6.45, 7) is 4.72. The average molecular weight is 481 g/mol. The highest BCUT2D eigenvalue weighted by Crippen LogP contribution is 2.39. The third kappa shape index (κ3) is 4.15. The number of rotatable bonds is 4. The molecule has 2 aromatic carbocycles. The van der Waals surface area contributed by atoms with E-state index in [-0.39, 0.29) is 6.03 Å². The molecule has 9 heteroatoms. The molecule has 2 aliphatic heterocycles. The molecular weight excluding hydrogens is 455 g/mol. The Labute approximate surface area is 202 Å². The molecule has 1 aromatic heterocycles. The first-order chi connectivity index (χ1) is 16.4. The monoisotopic (exact) mass is 480 g/mol. The fraction of sp³-hybridized carbons (Fsp3) is 0.280. The van der Waals surface area contributed by atoms with Crippen LogP contribution >= 0.6 is 11.6 Å². The molecule has 0 unspecified atom stereocenters. The van der Waals surface area contributed by atoms with Gasteiger partial charge in [-0.1, -0.05) is 17.7 Å². The average Bonchev–Trinajstić information content (AvgIpc) is 3.18. The van der Waals surface area contributed by atoms with Gasteiger partial charge in [0.15, 0.2) is 0 Å². The maximum Gasteiger partial charge on any atom is 0.324 e. The molecule has 0 spiro atoms. The largest absolute Gasteiger partial charge is 0.398 e. The number of nitrogens with zero attached hydrogens (tertiary/aromatic N) is 4. The van der Waals surface area contributed by atoms with Crippen molar-refractivity contribution in [2.75, 3.05) is 61.8 Å². The van der Waals surface area contributed by atoms with E-state index in [9.17, 15) is 9.18 Å². The van der Waals surface area contributed by atoms with Gasteiger partial charge in [0.1, 0.15) is 11.6 Å². The van der Waals surface area contributed by atoms with E-state index in [2.05, 4.69) is 15.2 Å². The number of hydrogen-bond acceptors (Lipinski definition) is 5. The second-order valence-electron chi connectivity index (χ2n) is 8.58. The van der Waals surface area contributed by atoms with Crippen molar-refractivity contribution in [1.29, 1.82) is 0 Å². The molecule has 0 atom stereocenters.